The SMILES string of the molecule is CC(C)(C)CS(=O)(=O)c1cccc(NC(=O)c2ccc(Cl)nc2N2CCC3(CC2)CC3)c1. The van der Waals surface area contributed by atoms with Gasteiger partial charge in [-0.05, 0) is 66.8 Å². The predicted molar refractivity (Wildman–Crippen MR) is 128 cm³/mol. The minimum absolute atomic E-state index is 0.0269. The summed E-state index contributed by atoms with van der Waals surface area (Å²) >= 11 is 6.16. The Balaban J connectivity index is 1.55. The van der Waals surface area contributed by atoms with Crippen LogP contribution in [0.2, 0.25) is 5.15 Å². The molecular formula is C24H30ClN3O3S. The van der Waals surface area contributed by atoms with Gasteiger partial charge in [0, 0.05) is 18.8 Å². The van der Waals surface area contributed by atoms with E-state index in [1.54, 1.807) is 30.3 Å². The Bertz CT molecular complexity index is 1130. The smallest absolute Gasteiger partial charge is 0.259 e. The number of anilines is 2. The first-order valence-electron chi connectivity index (χ1n) is 11.0. The second-order valence-electron chi connectivity index (χ2n) is 10.3. The van der Waals surface area contributed by atoms with Gasteiger partial charge in [0.1, 0.15) is 11.0 Å². The molecule has 1 N–H and O–H groups in total. The number of pyridine rings is 1. The zero-order valence-electron chi connectivity index (χ0n) is 18.8. The molecule has 0 atom stereocenters. The molecule has 172 valence electrons. The van der Waals surface area contributed by atoms with Crippen molar-refractivity contribution in [2.75, 3.05) is 29.1 Å². The van der Waals surface area contributed by atoms with Gasteiger partial charge in [0.2, 0.25) is 0 Å². The molecule has 8 heteroatoms. The van der Waals surface area contributed by atoms with E-state index in [9.17, 15) is 13.2 Å². The van der Waals surface area contributed by atoms with Crippen molar-refractivity contribution in [2.24, 2.45) is 10.8 Å². The summed E-state index contributed by atoms with van der Waals surface area (Å²) in [6.07, 6.45) is 4.81. The molecule has 6 nitrogen and oxygen atoms in total. The topological polar surface area (TPSA) is 79.4 Å². The van der Waals surface area contributed by atoms with Crippen LogP contribution in [-0.4, -0.2) is 38.2 Å². The number of benzene rings is 1. The zero-order chi connectivity index (χ0) is 23.1. The van der Waals surface area contributed by atoms with Crippen molar-refractivity contribution in [3.63, 3.8) is 0 Å². The van der Waals surface area contributed by atoms with Crippen LogP contribution in [0.5, 0.6) is 0 Å². The molecule has 4 rings (SSSR count). The van der Waals surface area contributed by atoms with Gasteiger partial charge < -0.3 is 10.2 Å². The lowest BCUT2D eigenvalue weighted by Gasteiger charge is -2.33. The van der Waals surface area contributed by atoms with Crippen molar-refractivity contribution in [3.05, 3.63) is 47.1 Å². The average Bonchev–Trinajstić information content (AvgIpc) is 3.45. The van der Waals surface area contributed by atoms with Crippen LogP contribution in [0.25, 0.3) is 0 Å². The van der Waals surface area contributed by atoms with Gasteiger partial charge in [-0.1, -0.05) is 38.4 Å². The summed E-state index contributed by atoms with van der Waals surface area (Å²) in [4.78, 5) is 19.9. The van der Waals surface area contributed by atoms with E-state index in [0.29, 0.717) is 27.6 Å². The van der Waals surface area contributed by atoms with E-state index in [4.69, 9.17) is 11.6 Å². The number of sulfone groups is 1. The first kappa shape index (κ1) is 23.1. The summed E-state index contributed by atoms with van der Waals surface area (Å²) in [5.41, 5.74) is 1.01. The summed E-state index contributed by atoms with van der Waals surface area (Å²) in [5.74, 6) is 0.280. The van der Waals surface area contributed by atoms with Gasteiger partial charge in [0.25, 0.3) is 5.91 Å². The van der Waals surface area contributed by atoms with E-state index in [2.05, 4.69) is 15.2 Å². The largest absolute Gasteiger partial charge is 0.356 e. The van der Waals surface area contributed by atoms with Crippen LogP contribution in [0.1, 0.15) is 56.8 Å². The van der Waals surface area contributed by atoms with Crippen LogP contribution in [0, 0.1) is 10.8 Å². The van der Waals surface area contributed by atoms with E-state index in [0.717, 1.165) is 25.9 Å². The molecule has 1 saturated carbocycles. The summed E-state index contributed by atoms with van der Waals surface area (Å²) < 4.78 is 25.5. The lowest BCUT2D eigenvalue weighted by atomic mass is 9.93. The number of hydrogen-bond acceptors (Lipinski definition) is 5. The highest BCUT2D eigenvalue weighted by Crippen LogP contribution is 2.54. The van der Waals surface area contributed by atoms with E-state index >= 15 is 0 Å². The number of carbonyl (C=O) groups is 1. The van der Waals surface area contributed by atoms with Crippen LogP contribution < -0.4 is 10.2 Å². The van der Waals surface area contributed by atoms with Gasteiger partial charge in [-0.2, -0.15) is 0 Å². The molecule has 0 bridgehead atoms. The Morgan fingerprint density at radius 1 is 1.12 bits per heavy atom. The third-order valence-corrected chi connectivity index (χ3v) is 8.67. The van der Waals surface area contributed by atoms with Crippen molar-refractivity contribution >= 4 is 38.9 Å². The number of halogens is 1. The molecule has 2 heterocycles. The number of carbonyl (C=O) groups excluding carboxylic acids is 1. The normalized spacial score (nSPS) is 17.9. The van der Waals surface area contributed by atoms with Crippen molar-refractivity contribution in [1.29, 1.82) is 0 Å². The molecule has 1 saturated heterocycles. The molecule has 1 aliphatic heterocycles. The van der Waals surface area contributed by atoms with E-state index in [1.807, 2.05) is 20.8 Å². The number of amides is 1. The Hall–Kier alpha value is -2.12. The molecular weight excluding hydrogens is 446 g/mol. The van der Waals surface area contributed by atoms with Crippen LogP contribution in [0.3, 0.4) is 0 Å². The maximum atomic E-state index is 13.1. The van der Waals surface area contributed by atoms with Gasteiger partial charge >= 0.3 is 0 Å². The van der Waals surface area contributed by atoms with Crippen molar-refractivity contribution < 1.29 is 13.2 Å². The number of piperidine rings is 1. The van der Waals surface area contributed by atoms with E-state index in [-0.39, 0.29) is 22.0 Å². The minimum atomic E-state index is -3.47. The molecule has 0 radical (unpaired) electrons. The highest BCUT2D eigenvalue weighted by molar-refractivity contribution is 7.91. The quantitative estimate of drug-likeness (QED) is 0.602. The summed E-state index contributed by atoms with van der Waals surface area (Å²) in [6, 6.07) is 9.70. The Morgan fingerprint density at radius 3 is 2.44 bits per heavy atom. The molecule has 2 aromatic rings. The number of nitrogens with one attached hydrogen (secondary N) is 1. The molecule has 2 fully saturated rings. The maximum Gasteiger partial charge on any atom is 0.259 e. The van der Waals surface area contributed by atoms with Gasteiger partial charge in [-0.25, -0.2) is 13.4 Å². The molecule has 1 amide bonds. The Morgan fingerprint density at radius 2 is 1.81 bits per heavy atom. The molecule has 1 spiro atoms. The van der Waals surface area contributed by atoms with Crippen LogP contribution in [0.4, 0.5) is 11.5 Å². The molecule has 2 aliphatic rings. The van der Waals surface area contributed by atoms with E-state index < -0.39 is 9.84 Å². The molecule has 1 aromatic heterocycles. The fourth-order valence-electron chi connectivity index (χ4n) is 4.33. The third kappa shape index (κ3) is 5.26. The Kier molecular flexibility index (Phi) is 6.01. The van der Waals surface area contributed by atoms with Crippen LogP contribution in [0.15, 0.2) is 41.3 Å². The van der Waals surface area contributed by atoms with E-state index in [1.165, 1.54) is 18.9 Å². The zero-order valence-corrected chi connectivity index (χ0v) is 20.4. The number of aromatic nitrogens is 1. The van der Waals surface area contributed by atoms with Crippen molar-refractivity contribution in [1.82, 2.24) is 4.98 Å². The molecule has 32 heavy (non-hydrogen) atoms. The minimum Gasteiger partial charge on any atom is -0.356 e. The van der Waals surface area contributed by atoms with Crippen molar-refractivity contribution in [2.45, 2.75) is 51.3 Å². The summed E-state index contributed by atoms with van der Waals surface area (Å²) in [7, 11) is -3.47. The Labute approximate surface area is 195 Å². The van der Waals surface area contributed by atoms with Gasteiger partial charge in [-0.15, -0.1) is 0 Å². The van der Waals surface area contributed by atoms with Gasteiger partial charge in [-0.3, -0.25) is 4.79 Å². The van der Waals surface area contributed by atoms with Crippen LogP contribution >= 0.6 is 11.6 Å². The number of hydrogen-bond donors (Lipinski definition) is 1. The molecule has 1 aromatic carbocycles. The predicted octanol–water partition coefficient (Wildman–Crippen LogP) is 5.19. The lowest BCUT2D eigenvalue weighted by Crippen LogP contribution is -2.36. The lowest BCUT2D eigenvalue weighted by molar-refractivity contribution is 0.102. The fraction of sp³-hybridized carbons (Fsp3) is 0.500. The number of nitrogens with zero attached hydrogens (tertiary/aromatic N) is 2. The second kappa shape index (κ2) is 8.34. The summed E-state index contributed by atoms with van der Waals surface area (Å²) in [6.45, 7) is 7.37. The summed E-state index contributed by atoms with van der Waals surface area (Å²) in [5, 5.41) is 3.19. The molecule has 1 aliphatic carbocycles. The van der Waals surface area contributed by atoms with Crippen molar-refractivity contribution in [3.8, 4) is 0 Å². The van der Waals surface area contributed by atoms with Gasteiger partial charge in [0.15, 0.2) is 9.84 Å². The first-order chi connectivity index (χ1) is 15.0. The molecule has 0 unspecified atom stereocenters. The highest BCUT2D eigenvalue weighted by atomic mass is 35.5. The van der Waals surface area contributed by atoms with Crippen LogP contribution in [-0.2, 0) is 9.84 Å². The monoisotopic (exact) mass is 475 g/mol. The standard InChI is InChI=1S/C24H30ClN3O3S/c1-23(2,3)16-32(30,31)18-6-4-5-17(15-18)26-22(29)19-7-8-20(25)27-21(19)28-13-11-24(9-10-24)12-14-28/h4-8,15H,9-14,16H2,1-3H3,(H,26,29). The third-order valence-electron chi connectivity index (χ3n) is 6.24. The second-order valence-corrected chi connectivity index (χ2v) is 12.7. The highest BCUT2D eigenvalue weighted by Gasteiger charge is 2.44. The maximum absolute atomic E-state index is 13.1. The van der Waals surface area contributed by atoms with Gasteiger partial charge in [0.05, 0.1) is 16.2 Å². The number of rotatable bonds is 5. The average molecular weight is 476 g/mol. The fourth-order valence-corrected chi connectivity index (χ4v) is 6.37. The first-order valence-corrected chi connectivity index (χ1v) is 13.1.